The van der Waals surface area contributed by atoms with E-state index in [1.165, 1.54) is 30.3 Å². The van der Waals surface area contributed by atoms with Crippen molar-refractivity contribution in [3.8, 4) is 0 Å². The summed E-state index contributed by atoms with van der Waals surface area (Å²) in [6, 6.07) is 5.20. The highest BCUT2D eigenvalue weighted by Gasteiger charge is 2.21. The summed E-state index contributed by atoms with van der Waals surface area (Å²) < 4.78 is 0.369. The third kappa shape index (κ3) is 3.09. The third-order valence-corrected chi connectivity index (χ3v) is 4.15. The molecule has 1 aromatic rings. The Morgan fingerprint density at radius 3 is 2.36 bits per heavy atom. The molecule has 1 aliphatic rings. The number of hydrogen-bond donors (Lipinski definition) is 0. The van der Waals surface area contributed by atoms with E-state index in [1.807, 2.05) is 0 Å². The molecule has 1 aromatic carbocycles. The molecule has 0 radical (unpaired) electrons. The standard InChI is InChI=1S/C15H11BrN2O4/c1-8-7-12(19)13(16)9(2)14(8)17-15(20)10-3-5-11(6-4-10)18(21)22/h3-7H,1-2H3. The van der Waals surface area contributed by atoms with Gasteiger partial charge in [0.15, 0.2) is 5.78 Å². The van der Waals surface area contributed by atoms with Crippen molar-refractivity contribution in [1.29, 1.82) is 0 Å². The number of carbonyl (C=O) groups excluding carboxylic acids is 2. The topological polar surface area (TPSA) is 89.6 Å². The lowest BCUT2D eigenvalue weighted by Crippen LogP contribution is -2.16. The second-order valence-corrected chi connectivity index (χ2v) is 5.49. The minimum atomic E-state index is -0.538. The van der Waals surface area contributed by atoms with Crippen LogP contribution in [-0.4, -0.2) is 22.3 Å². The van der Waals surface area contributed by atoms with Gasteiger partial charge in [0, 0.05) is 17.7 Å². The average molecular weight is 363 g/mol. The van der Waals surface area contributed by atoms with Crippen molar-refractivity contribution in [2.75, 3.05) is 0 Å². The molecule has 1 aliphatic carbocycles. The molecular weight excluding hydrogens is 352 g/mol. The van der Waals surface area contributed by atoms with E-state index in [1.54, 1.807) is 13.8 Å². The molecule has 0 unspecified atom stereocenters. The van der Waals surface area contributed by atoms with Gasteiger partial charge in [-0.2, -0.15) is 0 Å². The van der Waals surface area contributed by atoms with Gasteiger partial charge in [-0.05, 0) is 59.1 Å². The number of carbonyl (C=O) groups is 2. The summed E-state index contributed by atoms with van der Waals surface area (Å²) >= 11 is 3.18. The lowest BCUT2D eigenvalue weighted by atomic mass is 9.97. The predicted molar refractivity (Wildman–Crippen MR) is 85.3 cm³/mol. The number of allylic oxidation sites excluding steroid dienone is 4. The lowest BCUT2D eigenvalue weighted by Gasteiger charge is -2.14. The molecule has 0 spiro atoms. The third-order valence-electron chi connectivity index (χ3n) is 3.16. The van der Waals surface area contributed by atoms with Gasteiger partial charge in [0.05, 0.1) is 15.1 Å². The normalized spacial score (nSPS) is 16.8. The van der Waals surface area contributed by atoms with E-state index in [9.17, 15) is 19.7 Å². The molecule has 112 valence electrons. The molecule has 6 nitrogen and oxygen atoms in total. The van der Waals surface area contributed by atoms with Crippen molar-refractivity contribution < 1.29 is 14.5 Å². The van der Waals surface area contributed by atoms with Crippen molar-refractivity contribution in [3.63, 3.8) is 0 Å². The van der Waals surface area contributed by atoms with E-state index in [-0.39, 0.29) is 17.0 Å². The zero-order valence-electron chi connectivity index (χ0n) is 11.8. The van der Waals surface area contributed by atoms with Crippen LogP contribution in [0.15, 0.2) is 51.0 Å². The molecule has 7 heteroatoms. The Bertz CT molecular complexity index is 773. The van der Waals surface area contributed by atoms with Crippen LogP contribution >= 0.6 is 15.9 Å². The fourth-order valence-electron chi connectivity index (χ4n) is 1.98. The van der Waals surface area contributed by atoms with Gasteiger partial charge in [-0.3, -0.25) is 19.7 Å². The fraction of sp³-hybridized carbons (Fsp3) is 0.133. The maximum absolute atomic E-state index is 12.2. The van der Waals surface area contributed by atoms with Gasteiger partial charge in [0.25, 0.3) is 11.6 Å². The van der Waals surface area contributed by atoms with Crippen LogP contribution in [0.1, 0.15) is 24.2 Å². The highest BCUT2D eigenvalue weighted by atomic mass is 79.9. The number of ketones is 1. The average Bonchev–Trinajstić information content (AvgIpc) is 2.49. The van der Waals surface area contributed by atoms with E-state index in [0.717, 1.165) is 0 Å². The van der Waals surface area contributed by atoms with Gasteiger partial charge in [-0.25, -0.2) is 4.99 Å². The van der Waals surface area contributed by atoms with E-state index in [2.05, 4.69) is 20.9 Å². The number of benzene rings is 1. The van der Waals surface area contributed by atoms with Crippen molar-refractivity contribution in [1.82, 2.24) is 0 Å². The Morgan fingerprint density at radius 1 is 1.23 bits per heavy atom. The van der Waals surface area contributed by atoms with Gasteiger partial charge < -0.3 is 0 Å². The lowest BCUT2D eigenvalue weighted by molar-refractivity contribution is -0.384. The summed E-state index contributed by atoms with van der Waals surface area (Å²) in [6.45, 7) is 3.39. The highest BCUT2D eigenvalue weighted by molar-refractivity contribution is 9.12. The number of amides is 1. The molecule has 0 saturated heterocycles. The van der Waals surface area contributed by atoms with Crippen LogP contribution in [0.2, 0.25) is 0 Å². The number of halogens is 1. The molecule has 0 aliphatic heterocycles. The van der Waals surface area contributed by atoms with Gasteiger partial charge >= 0.3 is 0 Å². The van der Waals surface area contributed by atoms with E-state index >= 15 is 0 Å². The summed E-state index contributed by atoms with van der Waals surface area (Å²) in [4.78, 5) is 37.9. The van der Waals surface area contributed by atoms with E-state index in [4.69, 9.17) is 0 Å². The first-order valence-electron chi connectivity index (χ1n) is 6.28. The summed E-state index contributed by atoms with van der Waals surface area (Å²) in [7, 11) is 0. The quantitative estimate of drug-likeness (QED) is 0.458. The second kappa shape index (κ2) is 6.15. The molecule has 2 rings (SSSR count). The van der Waals surface area contributed by atoms with Gasteiger partial charge in [-0.15, -0.1) is 0 Å². The summed E-state index contributed by atoms with van der Waals surface area (Å²) in [5.41, 5.74) is 1.75. The van der Waals surface area contributed by atoms with Gasteiger partial charge in [0.1, 0.15) is 0 Å². The van der Waals surface area contributed by atoms with Crippen molar-refractivity contribution in [2.24, 2.45) is 4.99 Å². The zero-order valence-corrected chi connectivity index (χ0v) is 13.4. The molecule has 0 heterocycles. The Kier molecular flexibility index (Phi) is 4.46. The maximum Gasteiger partial charge on any atom is 0.277 e. The van der Waals surface area contributed by atoms with Crippen molar-refractivity contribution in [2.45, 2.75) is 13.8 Å². The number of nitrogens with zero attached hydrogens (tertiary/aromatic N) is 2. The predicted octanol–water partition coefficient (Wildman–Crippen LogP) is 3.37. The van der Waals surface area contributed by atoms with Crippen LogP contribution in [0.4, 0.5) is 5.69 Å². The Hall–Kier alpha value is -2.41. The van der Waals surface area contributed by atoms with Crippen LogP contribution in [-0.2, 0) is 4.79 Å². The maximum atomic E-state index is 12.2. The SMILES string of the molecule is CC1=CC(=O)C(Br)=C(C)C1=NC(=O)c1ccc([N+](=O)[O-])cc1. The molecule has 0 aromatic heterocycles. The Balaban J connectivity index is 2.36. The molecule has 0 fully saturated rings. The van der Waals surface area contributed by atoms with E-state index in [0.29, 0.717) is 21.3 Å². The van der Waals surface area contributed by atoms with Gasteiger partial charge in [-0.1, -0.05) is 0 Å². The molecule has 22 heavy (non-hydrogen) atoms. The molecule has 0 saturated carbocycles. The number of nitro benzene ring substituents is 1. The minimum Gasteiger partial charge on any atom is -0.289 e. The van der Waals surface area contributed by atoms with E-state index < -0.39 is 10.8 Å². The number of nitro groups is 1. The van der Waals surface area contributed by atoms with Crippen LogP contribution in [0.5, 0.6) is 0 Å². The Labute approximate surface area is 134 Å². The number of aliphatic imine (C=N–C) groups is 1. The first-order chi connectivity index (χ1) is 10.3. The van der Waals surface area contributed by atoms with Crippen molar-refractivity contribution >= 4 is 39.0 Å². The van der Waals surface area contributed by atoms with Crippen LogP contribution in [0.3, 0.4) is 0 Å². The number of non-ortho nitro benzene ring substituents is 1. The smallest absolute Gasteiger partial charge is 0.277 e. The van der Waals surface area contributed by atoms with Gasteiger partial charge in [0.2, 0.25) is 0 Å². The summed E-state index contributed by atoms with van der Waals surface area (Å²) in [5.74, 6) is -0.691. The van der Waals surface area contributed by atoms with Crippen LogP contribution in [0, 0.1) is 10.1 Å². The summed E-state index contributed by atoms with van der Waals surface area (Å²) in [5, 5.41) is 10.6. The zero-order chi connectivity index (χ0) is 16.4. The number of hydrogen-bond acceptors (Lipinski definition) is 4. The first kappa shape index (κ1) is 16.0. The van der Waals surface area contributed by atoms with Crippen LogP contribution in [0.25, 0.3) is 0 Å². The molecule has 0 bridgehead atoms. The first-order valence-corrected chi connectivity index (χ1v) is 7.07. The number of rotatable bonds is 2. The monoisotopic (exact) mass is 362 g/mol. The molecular formula is C15H11BrN2O4. The molecule has 0 atom stereocenters. The second-order valence-electron chi connectivity index (χ2n) is 4.70. The largest absolute Gasteiger partial charge is 0.289 e. The molecule has 0 N–H and O–H groups in total. The summed E-state index contributed by atoms with van der Waals surface area (Å²) in [6.07, 6.45) is 1.40. The molecule has 1 amide bonds. The Morgan fingerprint density at radius 2 is 1.82 bits per heavy atom. The van der Waals surface area contributed by atoms with Crippen molar-refractivity contribution in [3.05, 3.63) is 61.6 Å². The van der Waals surface area contributed by atoms with Crippen LogP contribution < -0.4 is 0 Å². The minimum absolute atomic E-state index is 0.0950. The highest BCUT2D eigenvalue weighted by Crippen LogP contribution is 2.24. The fourth-order valence-corrected chi connectivity index (χ4v) is 2.28.